The van der Waals surface area contributed by atoms with E-state index < -0.39 is 0 Å². The van der Waals surface area contributed by atoms with Crippen molar-refractivity contribution in [2.24, 2.45) is 0 Å². The Morgan fingerprint density at radius 2 is 2.07 bits per heavy atom. The first-order valence-electron chi connectivity index (χ1n) is 5.14. The molecule has 0 saturated heterocycles. The van der Waals surface area contributed by atoms with Crippen molar-refractivity contribution >= 4 is 5.69 Å². The number of nitrogens with zero attached hydrogens (tertiary/aromatic N) is 1. The molecular formula is C12H18FNO. The van der Waals surface area contributed by atoms with Gasteiger partial charge in [-0.2, -0.15) is 0 Å². The lowest BCUT2D eigenvalue weighted by molar-refractivity contribution is 0.185. The molecule has 0 unspecified atom stereocenters. The molecule has 0 heterocycles. The predicted octanol–water partition coefficient (Wildman–Crippen LogP) is 2.21. The Morgan fingerprint density at radius 1 is 1.40 bits per heavy atom. The Morgan fingerprint density at radius 3 is 2.60 bits per heavy atom. The number of aryl methyl sites for hydroxylation is 1. The van der Waals surface area contributed by atoms with E-state index in [9.17, 15) is 9.50 Å². The third-order valence-corrected chi connectivity index (χ3v) is 2.35. The van der Waals surface area contributed by atoms with Crippen LogP contribution >= 0.6 is 0 Å². The van der Waals surface area contributed by atoms with Gasteiger partial charge in [-0.05, 0) is 43.5 Å². The number of hydrogen-bond acceptors (Lipinski definition) is 2. The van der Waals surface area contributed by atoms with Gasteiger partial charge in [0.05, 0.1) is 6.10 Å². The van der Waals surface area contributed by atoms with E-state index >= 15 is 0 Å². The average Bonchev–Trinajstić information content (AvgIpc) is 2.14. The maximum Gasteiger partial charge on any atom is 0.123 e. The molecule has 2 nitrogen and oxygen atoms in total. The molecule has 0 aliphatic carbocycles. The zero-order chi connectivity index (χ0) is 11.4. The van der Waals surface area contributed by atoms with E-state index in [1.807, 2.05) is 19.0 Å². The van der Waals surface area contributed by atoms with Gasteiger partial charge in [0.25, 0.3) is 0 Å². The van der Waals surface area contributed by atoms with E-state index in [2.05, 4.69) is 0 Å². The highest BCUT2D eigenvalue weighted by Gasteiger charge is 2.07. The highest BCUT2D eigenvalue weighted by molar-refractivity contribution is 5.52. The molecule has 0 spiro atoms. The average molecular weight is 211 g/mol. The summed E-state index contributed by atoms with van der Waals surface area (Å²) in [6.07, 6.45) is 1.01. The molecule has 0 aliphatic heterocycles. The van der Waals surface area contributed by atoms with E-state index in [4.69, 9.17) is 0 Å². The van der Waals surface area contributed by atoms with Crippen molar-refractivity contribution in [3.8, 4) is 0 Å². The lowest BCUT2D eigenvalue weighted by Crippen LogP contribution is -2.12. The molecule has 1 atom stereocenters. The molecule has 0 bridgehead atoms. The predicted molar refractivity (Wildman–Crippen MR) is 60.7 cm³/mol. The number of anilines is 1. The highest BCUT2D eigenvalue weighted by Crippen LogP contribution is 2.21. The number of halogens is 1. The van der Waals surface area contributed by atoms with Gasteiger partial charge in [-0.25, -0.2) is 4.39 Å². The van der Waals surface area contributed by atoms with Crippen LogP contribution in [0.2, 0.25) is 0 Å². The van der Waals surface area contributed by atoms with E-state index in [0.717, 1.165) is 11.3 Å². The summed E-state index contributed by atoms with van der Waals surface area (Å²) in [7, 11) is 3.86. The van der Waals surface area contributed by atoms with Gasteiger partial charge in [0.1, 0.15) is 5.82 Å². The van der Waals surface area contributed by atoms with Crippen molar-refractivity contribution in [3.63, 3.8) is 0 Å². The fourth-order valence-corrected chi connectivity index (χ4v) is 1.55. The summed E-state index contributed by atoms with van der Waals surface area (Å²) >= 11 is 0. The Bertz CT molecular complexity index is 323. The van der Waals surface area contributed by atoms with Crippen molar-refractivity contribution in [1.82, 2.24) is 0 Å². The molecule has 0 radical (unpaired) electrons. The molecule has 1 N–H and O–H groups in total. The fraction of sp³-hybridized carbons (Fsp3) is 0.500. The second-order valence-corrected chi connectivity index (χ2v) is 4.06. The molecule has 1 aromatic rings. The minimum atomic E-state index is -0.344. The van der Waals surface area contributed by atoms with Crippen LogP contribution in [0.3, 0.4) is 0 Å². The monoisotopic (exact) mass is 211 g/mol. The van der Waals surface area contributed by atoms with Gasteiger partial charge < -0.3 is 10.0 Å². The van der Waals surface area contributed by atoms with Crippen LogP contribution in [0.15, 0.2) is 18.2 Å². The van der Waals surface area contributed by atoms with Crippen molar-refractivity contribution in [3.05, 3.63) is 29.6 Å². The normalized spacial score (nSPS) is 12.6. The first kappa shape index (κ1) is 12.0. The summed E-state index contributed by atoms with van der Waals surface area (Å²) in [5.41, 5.74) is 1.96. The van der Waals surface area contributed by atoms with E-state index in [1.165, 1.54) is 12.1 Å². The van der Waals surface area contributed by atoms with Crippen LogP contribution < -0.4 is 4.90 Å². The molecule has 0 fully saturated rings. The van der Waals surface area contributed by atoms with Gasteiger partial charge in [-0.3, -0.25) is 0 Å². The number of hydrogen-bond donors (Lipinski definition) is 1. The maximum absolute atomic E-state index is 13.1. The maximum atomic E-state index is 13.1. The molecule has 1 rings (SSSR count). The summed E-state index contributed by atoms with van der Waals surface area (Å²) in [5, 5.41) is 9.21. The molecule has 3 heteroatoms. The second-order valence-electron chi connectivity index (χ2n) is 4.06. The summed E-state index contributed by atoms with van der Waals surface area (Å²) in [4.78, 5) is 1.96. The summed E-state index contributed by atoms with van der Waals surface area (Å²) in [6.45, 7) is 1.74. The zero-order valence-corrected chi connectivity index (χ0v) is 9.50. The SMILES string of the molecule is C[C@@H](O)CCc1cc(F)ccc1N(C)C. The number of aliphatic hydroxyl groups is 1. The van der Waals surface area contributed by atoms with Crippen LogP contribution in [-0.2, 0) is 6.42 Å². The Labute approximate surface area is 90.3 Å². The molecular weight excluding hydrogens is 193 g/mol. The highest BCUT2D eigenvalue weighted by atomic mass is 19.1. The summed E-state index contributed by atoms with van der Waals surface area (Å²) < 4.78 is 13.1. The summed E-state index contributed by atoms with van der Waals surface area (Å²) in [6, 6.07) is 4.77. The lowest BCUT2D eigenvalue weighted by Gasteiger charge is -2.17. The van der Waals surface area contributed by atoms with Gasteiger partial charge in [-0.1, -0.05) is 0 Å². The van der Waals surface area contributed by atoms with Crippen LogP contribution in [0.1, 0.15) is 18.9 Å². The first-order chi connectivity index (χ1) is 7.00. The van der Waals surface area contributed by atoms with Crippen molar-refractivity contribution in [2.45, 2.75) is 25.9 Å². The van der Waals surface area contributed by atoms with Crippen LogP contribution in [0, 0.1) is 5.82 Å². The largest absolute Gasteiger partial charge is 0.393 e. The molecule has 84 valence electrons. The van der Waals surface area contributed by atoms with Crippen LogP contribution in [-0.4, -0.2) is 25.3 Å². The fourth-order valence-electron chi connectivity index (χ4n) is 1.55. The molecule has 0 amide bonds. The van der Waals surface area contributed by atoms with Gasteiger partial charge in [0.15, 0.2) is 0 Å². The smallest absolute Gasteiger partial charge is 0.123 e. The van der Waals surface area contributed by atoms with E-state index in [1.54, 1.807) is 13.0 Å². The lowest BCUT2D eigenvalue weighted by atomic mass is 10.0. The van der Waals surface area contributed by atoms with Crippen molar-refractivity contribution in [2.75, 3.05) is 19.0 Å². The Balaban J connectivity index is 2.87. The minimum absolute atomic E-state index is 0.221. The molecule has 0 aliphatic rings. The second kappa shape index (κ2) is 5.12. The number of benzene rings is 1. The van der Waals surface area contributed by atoms with Gasteiger partial charge >= 0.3 is 0 Å². The standard InChI is InChI=1S/C12H18FNO/c1-9(15)4-5-10-8-11(13)6-7-12(10)14(2)3/h6-9,15H,4-5H2,1-3H3/t9-/m1/s1. The van der Waals surface area contributed by atoms with E-state index in [0.29, 0.717) is 12.8 Å². The Hall–Kier alpha value is -1.09. The molecule has 1 aromatic carbocycles. The topological polar surface area (TPSA) is 23.5 Å². The molecule has 0 saturated carbocycles. The first-order valence-corrected chi connectivity index (χ1v) is 5.14. The third kappa shape index (κ3) is 3.51. The van der Waals surface area contributed by atoms with Crippen LogP contribution in [0.5, 0.6) is 0 Å². The van der Waals surface area contributed by atoms with Gasteiger partial charge in [-0.15, -0.1) is 0 Å². The Kier molecular flexibility index (Phi) is 4.09. The van der Waals surface area contributed by atoms with Crippen molar-refractivity contribution < 1.29 is 9.50 Å². The number of aliphatic hydroxyl groups excluding tert-OH is 1. The van der Waals surface area contributed by atoms with Crippen molar-refractivity contribution in [1.29, 1.82) is 0 Å². The van der Waals surface area contributed by atoms with Crippen LogP contribution in [0.4, 0.5) is 10.1 Å². The third-order valence-electron chi connectivity index (χ3n) is 2.35. The summed E-state index contributed by atoms with van der Waals surface area (Å²) in [5.74, 6) is -0.221. The van der Waals surface area contributed by atoms with Gasteiger partial charge in [0, 0.05) is 19.8 Å². The van der Waals surface area contributed by atoms with Gasteiger partial charge in [0.2, 0.25) is 0 Å². The quantitative estimate of drug-likeness (QED) is 0.825. The zero-order valence-electron chi connectivity index (χ0n) is 9.50. The van der Waals surface area contributed by atoms with E-state index in [-0.39, 0.29) is 11.9 Å². The molecule has 0 aromatic heterocycles. The molecule has 15 heavy (non-hydrogen) atoms. The van der Waals surface area contributed by atoms with Crippen LogP contribution in [0.25, 0.3) is 0 Å². The number of rotatable bonds is 4. The minimum Gasteiger partial charge on any atom is -0.393 e.